The van der Waals surface area contributed by atoms with Gasteiger partial charge in [-0.1, -0.05) is 30.3 Å². The molecule has 28 heavy (non-hydrogen) atoms. The Bertz CT molecular complexity index is 958. The maximum Gasteiger partial charge on any atom is 0.191 e. The molecule has 144 valence electrons. The van der Waals surface area contributed by atoms with Gasteiger partial charge in [0.25, 0.3) is 0 Å². The highest BCUT2D eigenvalue weighted by Gasteiger charge is 2.31. The second-order valence-electron chi connectivity index (χ2n) is 6.99. The van der Waals surface area contributed by atoms with Crippen LogP contribution < -0.4 is 9.80 Å². The van der Waals surface area contributed by atoms with Crippen molar-refractivity contribution < 1.29 is 4.79 Å². The van der Waals surface area contributed by atoms with Crippen LogP contribution in [0.2, 0.25) is 0 Å². The number of hydrogen-bond donors (Lipinski definition) is 0. The number of carbonyl (C=O) groups is 1. The Morgan fingerprint density at radius 1 is 1.14 bits per heavy atom. The van der Waals surface area contributed by atoms with Crippen molar-refractivity contribution in [1.82, 2.24) is 14.8 Å². The maximum absolute atomic E-state index is 12.9. The lowest BCUT2D eigenvalue weighted by Crippen LogP contribution is -2.26. The average Bonchev–Trinajstić information content (AvgIpc) is 3.09. The highest BCUT2D eigenvalue weighted by molar-refractivity contribution is 7.99. The highest BCUT2D eigenvalue weighted by Crippen LogP contribution is 2.40. The number of anilines is 2. The Morgan fingerprint density at radius 2 is 1.86 bits per heavy atom. The zero-order valence-corrected chi connectivity index (χ0v) is 16.9. The Balaban J connectivity index is 1.56. The van der Waals surface area contributed by atoms with E-state index in [2.05, 4.69) is 20.8 Å². The van der Waals surface area contributed by atoms with Gasteiger partial charge in [-0.2, -0.15) is 5.26 Å². The Morgan fingerprint density at radius 3 is 2.54 bits per heavy atom. The van der Waals surface area contributed by atoms with Crippen molar-refractivity contribution in [3.8, 4) is 6.07 Å². The number of fused-ring (bicyclic) bond motifs is 2. The minimum atomic E-state index is -0.194. The quantitative estimate of drug-likeness (QED) is 0.448. The lowest BCUT2D eigenvalue weighted by molar-refractivity contribution is -0.112. The van der Waals surface area contributed by atoms with Gasteiger partial charge >= 0.3 is 0 Å². The number of rotatable bonds is 4. The summed E-state index contributed by atoms with van der Waals surface area (Å²) in [5.41, 5.74) is 2.14. The van der Waals surface area contributed by atoms with E-state index in [4.69, 9.17) is 0 Å². The van der Waals surface area contributed by atoms with Gasteiger partial charge in [-0.15, -0.1) is 10.2 Å². The standard InChI is InChI=1S/C20H22N6OS/c1-24-15-8-5-6-9-16(15)25(2)19(24)14(12-21)17(27)13-28-20-23-22-18-10-4-3-7-11-26(18)20/h5-6,8-9H,3-4,7,10-11,13H2,1-2H3. The summed E-state index contributed by atoms with van der Waals surface area (Å²) in [4.78, 5) is 16.7. The molecule has 0 radical (unpaired) electrons. The summed E-state index contributed by atoms with van der Waals surface area (Å²) < 4.78 is 2.12. The molecule has 4 rings (SSSR count). The molecular weight excluding hydrogens is 372 g/mol. The largest absolute Gasteiger partial charge is 0.328 e. The molecule has 0 saturated carbocycles. The van der Waals surface area contributed by atoms with Crippen molar-refractivity contribution in [2.75, 3.05) is 29.6 Å². The van der Waals surface area contributed by atoms with Crippen LogP contribution >= 0.6 is 11.8 Å². The zero-order valence-electron chi connectivity index (χ0n) is 16.1. The number of para-hydroxylation sites is 2. The molecule has 0 bridgehead atoms. The van der Waals surface area contributed by atoms with Crippen LogP contribution in [0.1, 0.15) is 25.1 Å². The summed E-state index contributed by atoms with van der Waals surface area (Å²) in [6.07, 6.45) is 4.36. The van der Waals surface area contributed by atoms with Gasteiger partial charge in [0.2, 0.25) is 0 Å². The van der Waals surface area contributed by atoms with Crippen LogP contribution in [0, 0.1) is 11.3 Å². The predicted molar refractivity (Wildman–Crippen MR) is 109 cm³/mol. The van der Waals surface area contributed by atoms with E-state index in [1.54, 1.807) is 0 Å². The molecule has 1 aromatic carbocycles. The predicted octanol–water partition coefficient (Wildman–Crippen LogP) is 2.99. The number of nitrogens with zero attached hydrogens (tertiary/aromatic N) is 6. The zero-order chi connectivity index (χ0) is 19.7. The topological polar surface area (TPSA) is 78.0 Å². The van der Waals surface area contributed by atoms with Gasteiger partial charge in [0.15, 0.2) is 10.9 Å². The molecule has 1 aromatic heterocycles. The van der Waals surface area contributed by atoms with Gasteiger partial charge in [-0.25, -0.2) is 0 Å². The van der Waals surface area contributed by atoms with Crippen LogP contribution in [0.4, 0.5) is 11.4 Å². The average molecular weight is 395 g/mol. The third-order valence-corrected chi connectivity index (χ3v) is 6.23. The number of ketones is 1. The van der Waals surface area contributed by atoms with E-state index < -0.39 is 0 Å². The van der Waals surface area contributed by atoms with Crippen molar-refractivity contribution in [3.63, 3.8) is 0 Å². The smallest absolute Gasteiger partial charge is 0.191 e. The fraction of sp³-hybridized carbons (Fsp3) is 0.400. The van der Waals surface area contributed by atoms with E-state index in [-0.39, 0.29) is 17.1 Å². The minimum absolute atomic E-state index is 0.169. The first-order valence-electron chi connectivity index (χ1n) is 9.40. The van der Waals surface area contributed by atoms with Crippen LogP contribution in [0.25, 0.3) is 0 Å². The molecule has 0 amide bonds. The minimum Gasteiger partial charge on any atom is -0.328 e. The first-order valence-corrected chi connectivity index (χ1v) is 10.4. The number of hydrogen-bond acceptors (Lipinski definition) is 7. The molecular formula is C20H22N6OS. The van der Waals surface area contributed by atoms with Crippen molar-refractivity contribution >= 4 is 28.9 Å². The van der Waals surface area contributed by atoms with E-state index in [1.807, 2.05) is 48.2 Å². The van der Waals surface area contributed by atoms with Gasteiger partial charge in [0.1, 0.15) is 23.3 Å². The lowest BCUT2D eigenvalue weighted by atomic mass is 10.2. The second kappa shape index (κ2) is 7.68. The third kappa shape index (κ3) is 3.16. The maximum atomic E-state index is 12.9. The molecule has 0 atom stereocenters. The second-order valence-corrected chi connectivity index (χ2v) is 7.93. The molecule has 7 nitrogen and oxygen atoms in total. The van der Waals surface area contributed by atoms with Crippen molar-refractivity contribution in [3.05, 3.63) is 41.5 Å². The summed E-state index contributed by atoms with van der Waals surface area (Å²) in [5.74, 6) is 1.59. The fourth-order valence-corrected chi connectivity index (χ4v) is 4.68. The molecule has 0 N–H and O–H groups in total. The van der Waals surface area contributed by atoms with Gasteiger partial charge < -0.3 is 14.4 Å². The van der Waals surface area contributed by atoms with Gasteiger partial charge in [0.05, 0.1) is 17.1 Å². The number of aromatic nitrogens is 3. The molecule has 0 fully saturated rings. The molecule has 8 heteroatoms. The number of nitriles is 1. The lowest BCUT2D eigenvalue weighted by Gasteiger charge is -2.19. The fourth-order valence-electron chi connectivity index (χ4n) is 3.82. The van der Waals surface area contributed by atoms with Crippen LogP contribution in [-0.4, -0.2) is 40.4 Å². The van der Waals surface area contributed by atoms with Crippen LogP contribution in [0.3, 0.4) is 0 Å². The first kappa shape index (κ1) is 18.6. The van der Waals surface area contributed by atoms with E-state index >= 15 is 0 Å². The molecule has 0 spiro atoms. The Labute approximate surface area is 168 Å². The summed E-state index contributed by atoms with van der Waals surface area (Å²) >= 11 is 1.37. The number of allylic oxidation sites excluding steroid dienone is 1. The van der Waals surface area contributed by atoms with E-state index in [1.165, 1.54) is 18.2 Å². The third-order valence-electron chi connectivity index (χ3n) is 5.26. The molecule has 0 saturated heterocycles. The molecule has 0 unspecified atom stereocenters. The van der Waals surface area contributed by atoms with E-state index in [0.717, 1.165) is 48.2 Å². The van der Waals surface area contributed by atoms with Gasteiger partial charge in [0, 0.05) is 27.1 Å². The monoisotopic (exact) mass is 394 g/mol. The number of aryl methyl sites for hydroxylation is 1. The number of thioether (sulfide) groups is 1. The summed E-state index contributed by atoms with van der Waals surface area (Å²) in [5, 5.41) is 19.0. The number of benzene rings is 1. The highest BCUT2D eigenvalue weighted by atomic mass is 32.2. The van der Waals surface area contributed by atoms with Crippen LogP contribution in [0.15, 0.2) is 40.8 Å². The molecule has 2 aliphatic heterocycles. The van der Waals surface area contributed by atoms with Crippen molar-refractivity contribution in [1.29, 1.82) is 5.26 Å². The summed E-state index contributed by atoms with van der Waals surface area (Å²) in [6.45, 7) is 0.895. The molecule has 2 aromatic rings. The first-order chi connectivity index (χ1) is 13.6. The molecule has 3 heterocycles. The molecule has 2 aliphatic rings. The van der Waals surface area contributed by atoms with E-state index in [0.29, 0.717) is 5.82 Å². The van der Waals surface area contributed by atoms with Gasteiger partial charge in [-0.3, -0.25) is 4.79 Å². The van der Waals surface area contributed by atoms with Gasteiger partial charge in [-0.05, 0) is 25.0 Å². The summed E-state index contributed by atoms with van der Waals surface area (Å²) in [7, 11) is 3.77. The van der Waals surface area contributed by atoms with Crippen molar-refractivity contribution in [2.24, 2.45) is 0 Å². The normalized spacial score (nSPS) is 15.7. The molecule has 0 aliphatic carbocycles. The number of Topliss-reactive ketones (excluding diaryl/α,β-unsaturated/α-hetero) is 1. The van der Waals surface area contributed by atoms with Crippen LogP contribution in [0.5, 0.6) is 0 Å². The van der Waals surface area contributed by atoms with Crippen molar-refractivity contribution in [2.45, 2.75) is 37.4 Å². The SMILES string of the molecule is CN1C(=C(C#N)C(=O)CSc2nnc3n2CCCCC3)N(C)c2ccccc21. The number of carbonyl (C=O) groups excluding carboxylic acids is 1. The Hall–Kier alpha value is -2.79. The van der Waals surface area contributed by atoms with Crippen LogP contribution in [-0.2, 0) is 17.8 Å². The summed E-state index contributed by atoms with van der Waals surface area (Å²) in [6, 6.07) is 10.0. The Kier molecular flexibility index (Phi) is 5.09. The van der Waals surface area contributed by atoms with E-state index in [9.17, 15) is 10.1 Å².